The summed E-state index contributed by atoms with van der Waals surface area (Å²) >= 11 is 0. The molecule has 0 rings (SSSR count). The van der Waals surface area contributed by atoms with Crippen LogP contribution in [0.4, 0.5) is 0 Å². The summed E-state index contributed by atoms with van der Waals surface area (Å²) in [4.78, 5) is 13.4. The maximum atomic E-state index is 11.1. The topological polar surface area (TPSA) is 29.5 Å². The minimum atomic E-state index is -0.290. The van der Waals surface area contributed by atoms with Crippen molar-refractivity contribution in [2.24, 2.45) is 0 Å². The average Bonchev–Trinajstić information content (AvgIpc) is 2.22. The molecule has 0 aliphatic carbocycles. The molecule has 0 atom stereocenters. The first-order chi connectivity index (χ1) is 7.11. The molecule has 0 heterocycles. The SMILES string of the molecule is C=C(C)C(=O)OCCN(CC)CCCC. The van der Waals surface area contributed by atoms with Gasteiger partial charge in [0.2, 0.25) is 0 Å². The highest BCUT2D eigenvalue weighted by Crippen LogP contribution is 1.96. The zero-order valence-electron chi connectivity index (χ0n) is 10.2. The molecule has 0 aromatic rings. The molecule has 0 N–H and O–H groups in total. The molecule has 0 amide bonds. The first kappa shape index (κ1) is 14.2. The van der Waals surface area contributed by atoms with Crippen LogP contribution in [0.25, 0.3) is 0 Å². The molecule has 0 fully saturated rings. The van der Waals surface area contributed by atoms with Crippen molar-refractivity contribution in [2.45, 2.75) is 33.6 Å². The summed E-state index contributed by atoms with van der Waals surface area (Å²) in [5, 5.41) is 0. The third-order valence-electron chi connectivity index (χ3n) is 2.26. The van der Waals surface area contributed by atoms with Gasteiger partial charge in [-0.3, -0.25) is 0 Å². The van der Waals surface area contributed by atoms with Crippen molar-refractivity contribution in [1.82, 2.24) is 4.90 Å². The van der Waals surface area contributed by atoms with E-state index >= 15 is 0 Å². The molecule has 0 bridgehead atoms. The van der Waals surface area contributed by atoms with Crippen LogP contribution in [0.5, 0.6) is 0 Å². The smallest absolute Gasteiger partial charge is 0.333 e. The van der Waals surface area contributed by atoms with Gasteiger partial charge < -0.3 is 9.64 Å². The third-order valence-corrected chi connectivity index (χ3v) is 2.26. The Morgan fingerprint density at radius 1 is 1.33 bits per heavy atom. The highest BCUT2D eigenvalue weighted by atomic mass is 16.5. The highest BCUT2D eigenvalue weighted by molar-refractivity contribution is 5.86. The molecule has 0 unspecified atom stereocenters. The van der Waals surface area contributed by atoms with Crippen LogP contribution in [0.1, 0.15) is 33.6 Å². The lowest BCUT2D eigenvalue weighted by molar-refractivity contribution is -0.139. The number of ether oxygens (including phenoxy) is 1. The van der Waals surface area contributed by atoms with Gasteiger partial charge in [0, 0.05) is 12.1 Å². The number of carbonyl (C=O) groups excluding carboxylic acids is 1. The van der Waals surface area contributed by atoms with Gasteiger partial charge in [-0.15, -0.1) is 0 Å². The van der Waals surface area contributed by atoms with E-state index in [1.807, 2.05) is 0 Å². The number of rotatable bonds is 8. The number of unbranched alkanes of at least 4 members (excludes halogenated alkanes) is 1. The summed E-state index contributed by atoms with van der Waals surface area (Å²) in [5.74, 6) is -0.290. The van der Waals surface area contributed by atoms with Gasteiger partial charge in [-0.05, 0) is 26.4 Å². The molecule has 15 heavy (non-hydrogen) atoms. The van der Waals surface area contributed by atoms with Gasteiger partial charge in [-0.25, -0.2) is 4.79 Å². The molecule has 0 radical (unpaired) electrons. The van der Waals surface area contributed by atoms with Gasteiger partial charge in [-0.1, -0.05) is 26.8 Å². The lowest BCUT2D eigenvalue weighted by Gasteiger charge is -2.19. The monoisotopic (exact) mass is 213 g/mol. The molecule has 3 heteroatoms. The fourth-order valence-corrected chi connectivity index (χ4v) is 1.20. The lowest BCUT2D eigenvalue weighted by Crippen LogP contribution is -2.29. The van der Waals surface area contributed by atoms with E-state index in [1.165, 1.54) is 12.8 Å². The van der Waals surface area contributed by atoms with Crippen molar-refractivity contribution in [3.8, 4) is 0 Å². The third kappa shape index (κ3) is 7.14. The standard InChI is InChI=1S/C12H23NO2/c1-5-7-8-13(6-2)9-10-15-12(14)11(3)4/h3,5-10H2,1-2,4H3. The largest absolute Gasteiger partial charge is 0.461 e. The molecule has 0 aromatic heterocycles. The summed E-state index contributed by atoms with van der Waals surface area (Å²) in [6.45, 7) is 12.9. The number of likely N-dealkylation sites (N-methyl/N-ethyl adjacent to an activating group) is 1. The van der Waals surface area contributed by atoms with E-state index in [0.29, 0.717) is 12.2 Å². The van der Waals surface area contributed by atoms with E-state index in [0.717, 1.165) is 19.6 Å². The van der Waals surface area contributed by atoms with Gasteiger partial charge in [0.1, 0.15) is 6.61 Å². The zero-order valence-corrected chi connectivity index (χ0v) is 10.2. The highest BCUT2D eigenvalue weighted by Gasteiger charge is 2.05. The van der Waals surface area contributed by atoms with Crippen molar-refractivity contribution in [1.29, 1.82) is 0 Å². The van der Waals surface area contributed by atoms with Gasteiger partial charge >= 0.3 is 5.97 Å². The van der Waals surface area contributed by atoms with E-state index in [2.05, 4.69) is 25.3 Å². The average molecular weight is 213 g/mol. The van der Waals surface area contributed by atoms with Crippen LogP contribution in [0.2, 0.25) is 0 Å². The van der Waals surface area contributed by atoms with Crippen LogP contribution in [-0.4, -0.2) is 37.1 Å². The first-order valence-electron chi connectivity index (χ1n) is 5.66. The molecular formula is C12H23NO2. The summed E-state index contributed by atoms with van der Waals surface area (Å²) < 4.78 is 5.04. The first-order valence-corrected chi connectivity index (χ1v) is 5.66. The van der Waals surface area contributed by atoms with Crippen molar-refractivity contribution in [3.05, 3.63) is 12.2 Å². The predicted octanol–water partition coefficient (Wildman–Crippen LogP) is 2.23. The number of hydrogen-bond donors (Lipinski definition) is 0. The number of hydrogen-bond acceptors (Lipinski definition) is 3. The second kappa shape index (κ2) is 8.48. The Morgan fingerprint density at radius 2 is 2.00 bits per heavy atom. The number of nitrogens with zero attached hydrogens (tertiary/aromatic N) is 1. The molecule has 0 aromatic carbocycles. The van der Waals surface area contributed by atoms with Crippen LogP contribution in [0, 0.1) is 0 Å². The molecule has 0 spiro atoms. The zero-order chi connectivity index (χ0) is 11.7. The van der Waals surface area contributed by atoms with Crippen LogP contribution in [-0.2, 0) is 9.53 Å². The number of carbonyl (C=O) groups is 1. The van der Waals surface area contributed by atoms with Crippen molar-refractivity contribution in [3.63, 3.8) is 0 Å². The maximum Gasteiger partial charge on any atom is 0.333 e. The molecular weight excluding hydrogens is 190 g/mol. The van der Waals surface area contributed by atoms with Crippen LogP contribution in [0.3, 0.4) is 0 Å². The Hall–Kier alpha value is -0.830. The Morgan fingerprint density at radius 3 is 2.47 bits per heavy atom. The summed E-state index contributed by atoms with van der Waals surface area (Å²) in [5.41, 5.74) is 0.464. The van der Waals surface area contributed by atoms with Gasteiger partial charge in [0.25, 0.3) is 0 Å². The summed E-state index contributed by atoms with van der Waals surface area (Å²) in [6, 6.07) is 0. The quantitative estimate of drug-likeness (QED) is 0.457. The van der Waals surface area contributed by atoms with Crippen molar-refractivity contribution in [2.75, 3.05) is 26.2 Å². The normalized spacial score (nSPS) is 10.4. The molecule has 0 aliphatic heterocycles. The van der Waals surface area contributed by atoms with Crippen molar-refractivity contribution < 1.29 is 9.53 Å². The van der Waals surface area contributed by atoms with E-state index in [9.17, 15) is 4.79 Å². The summed E-state index contributed by atoms with van der Waals surface area (Å²) in [6.07, 6.45) is 2.39. The second-order valence-electron chi connectivity index (χ2n) is 3.70. The minimum Gasteiger partial charge on any atom is -0.461 e. The molecule has 0 saturated carbocycles. The van der Waals surface area contributed by atoms with Crippen LogP contribution in [0.15, 0.2) is 12.2 Å². The Labute approximate surface area is 93.1 Å². The minimum absolute atomic E-state index is 0.290. The molecule has 3 nitrogen and oxygen atoms in total. The Balaban J connectivity index is 3.62. The Bertz CT molecular complexity index is 202. The Kier molecular flexibility index (Phi) is 8.01. The molecule has 88 valence electrons. The van der Waals surface area contributed by atoms with E-state index in [4.69, 9.17) is 4.74 Å². The molecule has 0 aliphatic rings. The molecule has 0 saturated heterocycles. The predicted molar refractivity (Wildman–Crippen MR) is 62.8 cm³/mol. The second-order valence-corrected chi connectivity index (χ2v) is 3.70. The van der Waals surface area contributed by atoms with E-state index in [1.54, 1.807) is 6.92 Å². The lowest BCUT2D eigenvalue weighted by atomic mass is 10.3. The summed E-state index contributed by atoms with van der Waals surface area (Å²) in [7, 11) is 0. The fraction of sp³-hybridized carbons (Fsp3) is 0.750. The van der Waals surface area contributed by atoms with Crippen LogP contribution >= 0.6 is 0 Å². The maximum absolute atomic E-state index is 11.1. The van der Waals surface area contributed by atoms with Crippen LogP contribution < -0.4 is 0 Å². The van der Waals surface area contributed by atoms with Crippen molar-refractivity contribution >= 4 is 5.97 Å². The van der Waals surface area contributed by atoms with Gasteiger partial charge in [-0.2, -0.15) is 0 Å². The van der Waals surface area contributed by atoms with E-state index in [-0.39, 0.29) is 5.97 Å². The van der Waals surface area contributed by atoms with E-state index < -0.39 is 0 Å². The van der Waals surface area contributed by atoms with Gasteiger partial charge in [0.15, 0.2) is 0 Å². The fourth-order valence-electron chi connectivity index (χ4n) is 1.20. The number of esters is 1. The van der Waals surface area contributed by atoms with Gasteiger partial charge in [0.05, 0.1) is 0 Å².